The lowest BCUT2D eigenvalue weighted by atomic mass is 10.00. The zero-order valence-electron chi connectivity index (χ0n) is 24.6. The fourth-order valence-corrected chi connectivity index (χ4v) is 5.08. The smallest absolute Gasteiger partial charge is 0.331 e. The number of aromatic nitrogens is 3. The van der Waals surface area contributed by atoms with Gasteiger partial charge in [0, 0.05) is 29.7 Å². The van der Waals surface area contributed by atoms with E-state index in [2.05, 4.69) is 25.6 Å². The number of carboxylic acids is 1. The van der Waals surface area contributed by atoms with Gasteiger partial charge in [-0.3, -0.25) is 9.59 Å². The summed E-state index contributed by atoms with van der Waals surface area (Å²) in [6.07, 6.45) is 4.59. The molecule has 2 heterocycles. The molecule has 5 rings (SSSR count). The van der Waals surface area contributed by atoms with E-state index in [1.807, 2.05) is 66.7 Å². The number of aliphatic carboxylic acids is 1. The number of aliphatic imine (C=N–C) groups is 1. The Morgan fingerprint density at radius 3 is 2.38 bits per heavy atom. The fourth-order valence-electron chi connectivity index (χ4n) is 5.08. The van der Waals surface area contributed by atoms with Crippen molar-refractivity contribution in [2.45, 2.75) is 37.9 Å². The maximum absolute atomic E-state index is 13.6. The molecule has 0 aliphatic rings. The second-order valence-electron chi connectivity index (χ2n) is 11.0. The molecule has 2 atom stereocenters. The van der Waals surface area contributed by atoms with E-state index in [4.69, 9.17) is 7.85 Å². The Bertz CT molecular complexity index is 1860. The molecule has 45 heavy (non-hydrogen) atoms. The maximum atomic E-state index is 13.6. The van der Waals surface area contributed by atoms with Gasteiger partial charge in [-0.2, -0.15) is 0 Å². The molecule has 0 saturated carbocycles. The summed E-state index contributed by atoms with van der Waals surface area (Å²) in [5.41, 5.74) is 2.56. The lowest BCUT2D eigenvalue weighted by molar-refractivity contribution is -0.208. The van der Waals surface area contributed by atoms with Crippen molar-refractivity contribution in [1.29, 1.82) is 0 Å². The highest BCUT2D eigenvalue weighted by molar-refractivity contribution is 6.55. The van der Waals surface area contributed by atoms with Crippen LogP contribution in [0, 0.1) is 0 Å². The molecule has 11 nitrogen and oxygen atoms in total. The SMILES string of the molecule is [B]C([O-])=NC(C)(C)C(=O)N[C@H](Cc1c[nH]c2ccccc12)C(=O)Nc1cn(C(C(=O)O)c2ccc(-c3ccccc3)cc2)cn1. The normalized spacial score (nSPS) is 13.2. The fraction of sp³-hybridized carbons (Fsp3) is 0.182. The Balaban J connectivity index is 1.37. The summed E-state index contributed by atoms with van der Waals surface area (Å²) >= 11 is 0. The number of anilines is 1. The van der Waals surface area contributed by atoms with Gasteiger partial charge in [-0.1, -0.05) is 78.6 Å². The number of benzene rings is 3. The minimum Gasteiger partial charge on any atom is -0.870 e. The number of imidazole rings is 1. The molecule has 0 aliphatic heterocycles. The van der Waals surface area contributed by atoms with Crippen molar-refractivity contribution in [3.63, 3.8) is 0 Å². The maximum Gasteiger partial charge on any atom is 0.331 e. The number of hydrogen-bond acceptors (Lipinski definition) is 6. The van der Waals surface area contributed by atoms with E-state index in [0.29, 0.717) is 5.56 Å². The molecule has 2 amide bonds. The number of aromatic amines is 1. The van der Waals surface area contributed by atoms with Gasteiger partial charge in [-0.15, -0.1) is 0 Å². The van der Waals surface area contributed by atoms with E-state index in [9.17, 15) is 24.6 Å². The predicted octanol–water partition coefficient (Wildman–Crippen LogP) is 3.03. The third-order valence-corrected chi connectivity index (χ3v) is 7.38. The molecule has 0 bridgehead atoms. The summed E-state index contributed by atoms with van der Waals surface area (Å²) in [4.78, 5) is 50.1. The van der Waals surface area contributed by atoms with E-state index >= 15 is 0 Å². The Hall–Kier alpha value is -5.65. The second kappa shape index (κ2) is 12.9. The first-order valence-electron chi connectivity index (χ1n) is 14.1. The molecule has 3 aromatic carbocycles. The van der Waals surface area contributed by atoms with Crippen LogP contribution in [0.5, 0.6) is 0 Å². The third-order valence-electron chi connectivity index (χ3n) is 7.38. The molecule has 4 N–H and O–H groups in total. The lowest BCUT2D eigenvalue weighted by Gasteiger charge is -2.25. The average Bonchev–Trinajstić information content (AvgIpc) is 3.64. The molecule has 0 saturated heterocycles. The van der Waals surface area contributed by atoms with E-state index in [-0.39, 0.29) is 12.2 Å². The van der Waals surface area contributed by atoms with Gasteiger partial charge in [-0.25, -0.2) is 9.78 Å². The summed E-state index contributed by atoms with van der Waals surface area (Å²) in [5.74, 6) is -3.32. The molecule has 2 aromatic heterocycles. The van der Waals surface area contributed by atoms with Crippen molar-refractivity contribution in [3.8, 4) is 11.1 Å². The molecule has 0 fully saturated rings. The van der Waals surface area contributed by atoms with E-state index in [1.165, 1.54) is 30.9 Å². The molecular formula is C33H30BN6O5-. The Morgan fingerprint density at radius 1 is 1.02 bits per heavy atom. The van der Waals surface area contributed by atoms with Crippen LogP contribution in [0.2, 0.25) is 0 Å². The van der Waals surface area contributed by atoms with Crippen LogP contribution in [-0.2, 0) is 20.8 Å². The molecule has 0 aliphatic carbocycles. The number of amides is 2. The number of H-pyrrole nitrogens is 1. The van der Waals surface area contributed by atoms with E-state index in [1.54, 1.807) is 18.3 Å². The monoisotopic (exact) mass is 601 g/mol. The largest absolute Gasteiger partial charge is 0.870 e. The number of carboxylic acid groups (broad SMARTS) is 1. The third kappa shape index (κ3) is 7.12. The molecule has 226 valence electrons. The van der Waals surface area contributed by atoms with Crippen molar-refractivity contribution in [2.75, 3.05) is 5.32 Å². The van der Waals surface area contributed by atoms with Gasteiger partial charge < -0.3 is 35.4 Å². The second-order valence-corrected chi connectivity index (χ2v) is 11.0. The van der Waals surface area contributed by atoms with Gasteiger partial charge in [0.2, 0.25) is 11.8 Å². The Labute approximate surface area is 260 Å². The molecule has 0 spiro atoms. The van der Waals surface area contributed by atoms with Crippen molar-refractivity contribution in [2.24, 2.45) is 4.99 Å². The number of fused-ring (bicyclic) bond motifs is 1. The topological polar surface area (TPSA) is 165 Å². The van der Waals surface area contributed by atoms with Gasteiger partial charge in [0.25, 0.3) is 0 Å². The highest BCUT2D eigenvalue weighted by atomic mass is 16.4. The number of nitrogens with zero attached hydrogens (tertiary/aromatic N) is 3. The van der Waals surface area contributed by atoms with Gasteiger partial charge in [0.05, 0.1) is 6.33 Å². The standard InChI is InChI=1S/C33H31BN6O5/c1-33(2,39-32(34)45)31(44)37-26(16-23-17-35-25-11-7-6-10-24(23)25)29(41)38-27-18-40(19-36-27)28(30(42)43)22-14-12-21(13-15-22)20-8-4-3-5-9-20/h3-15,17-19,26,28,35H,16H2,1-2H3,(H,37,44)(H,38,41)(H,39,45)(H,42,43)/p-1/t26-,28?/m1/s1. The first-order chi connectivity index (χ1) is 21.5. The van der Waals surface area contributed by atoms with Gasteiger partial charge in [0.1, 0.15) is 19.4 Å². The van der Waals surface area contributed by atoms with E-state index < -0.39 is 41.2 Å². The zero-order chi connectivity index (χ0) is 32.1. The van der Waals surface area contributed by atoms with Gasteiger partial charge >= 0.3 is 5.97 Å². The first-order valence-corrected chi connectivity index (χ1v) is 14.1. The predicted molar refractivity (Wildman–Crippen MR) is 170 cm³/mol. The van der Waals surface area contributed by atoms with Gasteiger partial charge in [0.15, 0.2) is 11.9 Å². The summed E-state index contributed by atoms with van der Waals surface area (Å²) in [5, 5.41) is 27.7. The highest BCUT2D eigenvalue weighted by Gasteiger charge is 2.32. The van der Waals surface area contributed by atoms with Crippen molar-refractivity contribution in [3.05, 3.63) is 109 Å². The zero-order valence-corrected chi connectivity index (χ0v) is 24.6. The minimum absolute atomic E-state index is 0.0893. The Kier molecular flexibility index (Phi) is 8.85. The van der Waals surface area contributed by atoms with Crippen LogP contribution in [0.4, 0.5) is 5.82 Å². The van der Waals surface area contributed by atoms with Gasteiger partial charge in [-0.05, 0) is 42.2 Å². The molecule has 12 heteroatoms. The molecular weight excluding hydrogens is 571 g/mol. The van der Waals surface area contributed by atoms with Crippen molar-refractivity contribution >= 4 is 48.1 Å². The Morgan fingerprint density at radius 2 is 1.69 bits per heavy atom. The van der Waals surface area contributed by atoms with Crippen LogP contribution in [0.15, 0.2) is 103 Å². The minimum atomic E-state index is -1.53. The molecule has 2 radical (unpaired) electrons. The quantitative estimate of drug-likeness (QED) is 0.103. The summed E-state index contributed by atoms with van der Waals surface area (Å²) in [6.45, 7) is 2.82. The van der Waals surface area contributed by atoms with Crippen LogP contribution >= 0.6 is 0 Å². The molecule has 1 unspecified atom stereocenters. The highest BCUT2D eigenvalue weighted by Crippen LogP contribution is 2.26. The van der Waals surface area contributed by atoms with E-state index in [0.717, 1.165) is 27.6 Å². The number of rotatable bonds is 11. The summed E-state index contributed by atoms with van der Waals surface area (Å²) in [6, 6.07) is 22.2. The number of nitrogens with one attached hydrogen (secondary N) is 3. The van der Waals surface area contributed by atoms with Crippen LogP contribution in [0.3, 0.4) is 0 Å². The van der Waals surface area contributed by atoms with Crippen molar-refractivity contribution in [1.82, 2.24) is 19.9 Å². The molecule has 5 aromatic rings. The number of carbonyl (C=O) groups is 3. The number of hydrogen-bond donors (Lipinski definition) is 4. The van der Waals surface area contributed by atoms with Crippen LogP contribution < -0.4 is 15.7 Å². The average molecular weight is 601 g/mol. The number of para-hydroxylation sites is 1. The lowest BCUT2D eigenvalue weighted by Crippen LogP contribution is -2.52. The van der Waals surface area contributed by atoms with Crippen LogP contribution in [0.25, 0.3) is 22.0 Å². The van der Waals surface area contributed by atoms with Crippen molar-refractivity contribution < 1.29 is 24.6 Å². The van der Waals surface area contributed by atoms with Crippen LogP contribution in [-0.4, -0.2) is 62.6 Å². The van der Waals surface area contributed by atoms with Crippen LogP contribution in [0.1, 0.15) is 31.0 Å². The first kappa shape index (κ1) is 30.8. The number of carbonyl (C=O) groups excluding carboxylic acids is 2. The summed E-state index contributed by atoms with van der Waals surface area (Å²) in [7, 11) is 5.18. The summed E-state index contributed by atoms with van der Waals surface area (Å²) < 4.78 is 1.39.